The smallest absolute Gasteiger partial charge is 0.263 e. The van der Waals surface area contributed by atoms with Gasteiger partial charge in [-0.05, 0) is 30.7 Å². The first kappa shape index (κ1) is 17.6. The number of pyridine rings is 1. The Hall–Kier alpha value is -2.80. The van der Waals surface area contributed by atoms with Gasteiger partial charge in [-0.25, -0.2) is 4.98 Å². The van der Waals surface area contributed by atoms with Crippen molar-refractivity contribution in [3.63, 3.8) is 0 Å². The van der Waals surface area contributed by atoms with E-state index in [0.29, 0.717) is 41.5 Å². The fraction of sp³-hybridized carbons (Fsp3) is 0.294. The first-order valence-electron chi connectivity index (χ1n) is 7.52. The number of carbonyl (C=O) groups excluding carboxylic acids is 1. The SMILES string of the molecule is COc1cccc(OC)c1C(=O)Nc1ccc(NCCCO)nc1. The van der Waals surface area contributed by atoms with Gasteiger partial charge in [0.15, 0.2) is 0 Å². The summed E-state index contributed by atoms with van der Waals surface area (Å²) in [6.45, 7) is 0.759. The van der Waals surface area contributed by atoms with E-state index in [1.165, 1.54) is 14.2 Å². The lowest BCUT2D eigenvalue weighted by atomic mass is 10.1. The fourth-order valence-electron chi connectivity index (χ4n) is 2.14. The molecule has 1 heterocycles. The molecule has 24 heavy (non-hydrogen) atoms. The molecule has 1 aromatic heterocycles. The Labute approximate surface area is 140 Å². The molecule has 0 spiro atoms. The van der Waals surface area contributed by atoms with Gasteiger partial charge < -0.3 is 25.2 Å². The van der Waals surface area contributed by atoms with Gasteiger partial charge >= 0.3 is 0 Å². The molecule has 0 aliphatic heterocycles. The second-order valence-electron chi connectivity index (χ2n) is 4.93. The molecule has 0 bridgehead atoms. The molecule has 1 amide bonds. The molecular formula is C17H21N3O4. The third kappa shape index (κ3) is 4.36. The molecule has 0 saturated heterocycles. The van der Waals surface area contributed by atoms with E-state index in [1.54, 1.807) is 36.5 Å². The van der Waals surface area contributed by atoms with Crippen LogP contribution in [-0.4, -0.2) is 43.4 Å². The Morgan fingerprint density at radius 3 is 2.42 bits per heavy atom. The quantitative estimate of drug-likeness (QED) is 0.642. The Balaban J connectivity index is 2.10. The van der Waals surface area contributed by atoms with E-state index in [9.17, 15) is 4.79 Å². The van der Waals surface area contributed by atoms with Gasteiger partial charge in [-0.2, -0.15) is 0 Å². The predicted molar refractivity (Wildman–Crippen MR) is 91.9 cm³/mol. The lowest BCUT2D eigenvalue weighted by Crippen LogP contribution is -2.15. The minimum absolute atomic E-state index is 0.127. The van der Waals surface area contributed by atoms with Gasteiger partial charge in [-0.15, -0.1) is 0 Å². The van der Waals surface area contributed by atoms with Crippen molar-refractivity contribution < 1.29 is 19.4 Å². The lowest BCUT2D eigenvalue weighted by Gasteiger charge is -2.13. The number of ether oxygens (including phenoxy) is 2. The molecule has 3 N–H and O–H groups in total. The summed E-state index contributed by atoms with van der Waals surface area (Å²) >= 11 is 0. The third-order valence-electron chi connectivity index (χ3n) is 3.32. The Kier molecular flexibility index (Phi) is 6.39. The first-order chi connectivity index (χ1) is 11.7. The first-order valence-corrected chi connectivity index (χ1v) is 7.52. The van der Waals surface area contributed by atoms with Gasteiger partial charge in [0.05, 0.1) is 26.1 Å². The minimum Gasteiger partial charge on any atom is -0.496 e. The van der Waals surface area contributed by atoms with Crippen molar-refractivity contribution in [1.29, 1.82) is 0 Å². The number of aliphatic hydroxyl groups is 1. The number of carbonyl (C=O) groups is 1. The van der Waals surface area contributed by atoms with Crippen LogP contribution in [0.1, 0.15) is 16.8 Å². The Morgan fingerprint density at radius 2 is 1.88 bits per heavy atom. The van der Waals surface area contributed by atoms with Gasteiger partial charge in [0, 0.05) is 13.2 Å². The number of aromatic nitrogens is 1. The number of nitrogens with zero attached hydrogens (tertiary/aromatic N) is 1. The third-order valence-corrected chi connectivity index (χ3v) is 3.32. The average Bonchev–Trinajstić information content (AvgIpc) is 2.62. The van der Waals surface area contributed by atoms with E-state index in [2.05, 4.69) is 15.6 Å². The highest BCUT2D eigenvalue weighted by Crippen LogP contribution is 2.29. The van der Waals surface area contributed by atoms with E-state index in [0.717, 1.165) is 0 Å². The maximum Gasteiger partial charge on any atom is 0.263 e. The summed E-state index contributed by atoms with van der Waals surface area (Å²) in [6, 6.07) is 8.65. The Bertz CT molecular complexity index is 652. The average molecular weight is 331 g/mol. The van der Waals surface area contributed by atoms with Crippen molar-refractivity contribution in [2.24, 2.45) is 0 Å². The summed E-state index contributed by atoms with van der Waals surface area (Å²) in [6.07, 6.45) is 2.20. The summed E-state index contributed by atoms with van der Waals surface area (Å²) in [5.41, 5.74) is 0.883. The molecule has 0 unspecified atom stereocenters. The van der Waals surface area contributed by atoms with E-state index >= 15 is 0 Å². The molecule has 0 radical (unpaired) electrons. The largest absolute Gasteiger partial charge is 0.496 e. The van der Waals surface area contributed by atoms with Crippen molar-refractivity contribution in [1.82, 2.24) is 4.98 Å². The zero-order chi connectivity index (χ0) is 17.4. The van der Waals surface area contributed by atoms with Crippen LogP contribution in [0.4, 0.5) is 11.5 Å². The fourth-order valence-corrected chi connectivity index (χ4v) is 2.14. The van der Waals surface area contributed by atoms with Crippen LogP contribution < -0.4 is 20.1 Å². The summed E-state index contributed by atoms with van der Waals surface area (Å²) < 4.78 is 10.5. The second-order valence-corrected chi connectivity index (χ2v) is 4.93. The molecule has 1 aromatic carbocycles. The van der Waals surface area contributed by atoms with Crippen molar-refractivity contribution in [2.45, 2.75) is 6.42 Å². The van der Waals surface area contributed by atoms with E-state index < -0.39 is 0 Å². The number of aliphatic hydroxyl groups excluding tert-OH is 1. The molecule has 0 aliphatic carbocycles. The van der Waals surface area contributed by atoms with Crippen LogP contribution in [-0.2, 0) is 0 Å². The van der Waals surface area contributed by atoms with Crippen molar-refractivity contribution in [2.75, 3.05) is 38.0 Å². The zero-order valence-corrected chi connectivity index (χ0v) is 13.7. The van der Waals surface area contributed by atoms with Crippen LogP contribution in [0.2, 0.25) is 0 Å². The minimum atomic E-state index is -0.341. The van der Waals surface area contributed by atoms with Crippen molar-refractivity contribution >= 4 is 17.4 Å². The monoisotopic (exact) mass is 331 g/mol. The van der Waals surface area contributed by atoms with Gasteiger partial charge in [0.1, 0.15) is 22.9 Å². The van der Waals surface area contributed by atoms with Gasteiger partial charge in [0.2, 0.25) is 0 Å². The standard InChI is InChI=1S/C17H21N3O4/c1-23-13-5-3-6-14(24-2)16(13)17(22)20-12-7-8-15(19-11-12)18-9-4-10-21/h3,5-8,11,21H,4,9-10H2,1-2H3,(H,18,19)(H,20,22). The number of benzene rings is 1. The van der Waals surface area contributed by atoms with Crippen LogP contribution in [0, 0.1) is 0 Å². The molecule has 2 rings (SSSR count). The van der Waals surface area contributed by atoms with Gasteiger partial charge in [-0.3, -0.25) is 4.79 Å². The number of methoxy groups -OCH3 is 2. The van der Waals surface area contributed by atoms with Crippen molar-refractivity contribution in [3.05, 3.63) is 42.1 Å². The maximum atomic E-state index is 12.5. The number of rotatable bonds is 8. The molecule has 0 aliphatic rings. The summed E-state index contributed by atoms with van der Waals surface area (Å²) in [7, 11) is 3.00. The number of hydrogen-bond acceptors (Lipinski definition) is 6. The van der Waals surface area contributed by atoms with Crippen LogP contribution in [0.25, 0.3) is 0 Å². The maximum absolute atomic E-state index is 12.5. The topological polar surface area (TPSA) is 92.7 Å². The summed E-state index contributed by atoms with van der Waals surface area (Å²) in [5, 5.41) is 14.6. The zero-order valence-electron chi connectivity index (χ0n) is 13.7. The molecule has 0 atom stereocenters. The van der Waals surface area contributed by atoms with Crippen LogP contribution in [0.15, 0.2) is 36.5 Å². The van der Waals surface area contributed by atoms with Gasteiger partial charge in [0.25, 0.3) is 5.91 Å². The molecular weight excluding hydrogens is 310 g/mol. The van der Waals surface area contributed by atoms with E-state index in [-0.39, 0.29) is 12.5 Å². The number of nitrogens with one attached hydrogen (secondary N) is 2. The van der Waals surface area contributed by atoms with Gasteiger partial charge in [-0.1, -0.05) is 6.07 Å². The van der Waals surface area contributed by atoms with Crippen LogP contribution in [0.3, 0.4) is 0 Å². The van der Waals surface area contributed by atoms with E-state index in [1.807, 2.05) is 0 Å². The highest BCUT2D eigenvalue weighted by atomic mass is 16.5. The highest BCUT2D eigenvalue weighted by molar-refractivity contribution is 6.08. The molecule has 128 valence electrons. The van der Waals surface area contributed by atoms with E-state index in [4.69, 9.17) is 14.6 Å². The normalized spacial score (nSPS) is 10.1. The number of hydrogen-bond donors (Lipinski definition) is 3. The molecule has 0 saturated carbocycles. The number of anilines is 2. The van der Waals surface area contributed by atoms with Crippen LogP contribution >= 0.6 is 0 Å². The summed E-state index contributed by atoms with van der Waals surface area (Å²) in [4.78, 5) is 16.7. The molecule has 7 nitrogen and oxygen atoms in total. The molecule has 2 aromatic rings. The molecule has 0 fully saturated rings. The second kappa shape index (κ2) is 8.73. The predicted octanol–water partition coefficient (Wildman–Crippen LogP) is 2.15. The summed E-state index contributed by atoms with van der Waals surface area (Å²) in [5.74, 6) is 1.20. The highest BCUT2D eigenvalue weighted by Gasteiger charge is 2.18. The van der Waals surface area contributed by atoms with Crippen molar-refractivity contribution in [3.8, 4) is 11.5 Å². The van der Waals surface area contributed by atoms with Crippen LogP contribution in [0.5, 0.6) is 11.5 Å². The number of amides is 1. The molecule has 7 heteroatoms. The lowest BCUT2D eigenvalue weighted by molar-refractivity contribution is 0.102. The Morgan fingerprint density at radius 1 is 1.17 bits per heavy atom.